The van der Waals surface area contributed by atoms with Crippen LogP contribution < -0.4 is 0 Å². The zero-order valence-electron chi connectivity index (χ0n) is 11.3. The van der Waals surface area contributed by atoms with Gasteiger partial charge in [0, 0.05) is 6.61 Å². The molecule has 0 fully saturated rings. The Morgan fingerprint density at radius 1 is 0.706 bits per heavy atom. The van der Waals surface area contributed by atoms with Crippen LogP contribution in [0.2, 0.25) is 0 Å². The first-order chi connectivity index (χ1) is 8.41. The first kappa shape index (κ1) is 16.2. The van der Waals surface area contributed by atoms with Crippen molar-refractivity contribution in [2.45, 2.75) is 58.3 Å². The van der Waals surface area contributed by atoms with Gasteiger partial charge < -0.3 is 5.11 Å². The molecule has 1 N–H and O–H groups in total. The molecule has 0 spiro atoms. The van der Waals surface area contributed by atoms with Gasteiger partial charge in [0.05, 0.1) is 0 Å². The van der Waals surface area contributed by atoms with E-state index in [1.807, 2.05) is 0 Å². The van der Waals surface area contributed by atoms with Crippen LogP contribution in [0.3, 0.4) is 0 Å². The number of hydrogen-bond donors (Lipinski definition) is 1. The van der Waals surface area contributed by atoms with Gasteiger partial charge in [0.15, 0.2) is 0 Å². The number of hydrogen-bond acceptors (Lipinski definition) is 1. The smallest absolute Gasteiger partial charge is 0.0433 e. The molecule has 0 aliphatic heterocycles. The number of aliphatic hydroxyl groups excluding tert-OH is 1. The largest absolute Gasteiger partial charge is 0.396 e. The molecule has 0 radical (unpaired) electrons. The minimum atomic E-state index is 0.289. The molecule has 0 bridgehead atoms. The highest BCUT2D eigenvalue weighted by molar-refractivity contribution is 5.02. The third-order valence-corrected chi connectivity index (χ3v) is 2.55. The predicted octanol–water partition coefficient (Wildman–Crippen LogP) is 4.79. The average Bonchev–Trinajstić information content (AvgIpc) is 2.35. The van der Waals surface area contributed by atoms with Gasteiger partial charge >= 0.3 is 0 Å². The molecule has 0 aromatic heterocycles. The van der Waals surface area contributed by atoms with E-state index in [-0.39, 0.29) is 6.61 Å². The fourth-order valence-corrected chi connectivity index (χ4v) is 1.50. The molecule has 1 nitrogen and oxygen atoms in total. The Bertz CT molecular complexity index is 214. The molecular weight excluding hydrogens is 208 g/mol. The van der Waals surface area contributed by atoms with E-state index in [2.05, 4.69) is 43.4 Å². The van der Waals surface area contributed by atoms with Crippen LogP contribution in [0.25, 0.3) is 0 Å². The van der Waals surface area contributed by atoms with Gasteiger partial charge in [-0.05, 0) is 38.5 Å². The Morgan fingerprint density at radius 2 is 1.29 bits per heavy atom. The van der Waals surface area contributed by atoms with Gasteiger partial charge in [0.2, 0.25) is 0 Å². The van der Waals surface area contributed by atoms with E-state index < -0.39 is 0 Å². The highest BCUT2D eigenvalue weighted by Crippen LogP contribution is 2.01. The first-order valence-electron chi connectivity index (χ1n) is 6.99. The van der Waals surface area contributed by atoms with E-state index >= 15 is 0 Å². The standard InChI is InChI=1S/C16H28O/c1-2-3-4-5-6-7-8-9-10-11-12-13-14-15-16-17/h6-7,10-13,17H,2-5,8-9,14-16H2,1H3. The molecule has 0 saturated heterocycles. The molecule has 17 heavy (non-hydrogen) atoms. The van der Waals surface area contributed by atoms with E-state index in [0.29, 0.717) is 0 Å². The Labute approximate surface area is 107 Å². The lowest BCUT2D eigenvalue weighted by Crippen LogP contribution is -1.77. The summed E-state index contributed by atoms with van der Waals surface area (Å²) in [5.41, 5.74) is 0. The summed E-state index contributed by atoms with van der Waals surface area (Å²) in [7, 11) is 0. The van der Waals surface area contributed by atoms with Crippen molar-refractivity contribution in [2.24, 2.45) is 0 Å². The zero-order chi connectivity index (χ0) is 12.6. The molecule has 0 aliphatic rings. The Hall–Kier alpha value is -0.820. The molecule has 0 aliphatic carbocycles. The van der Waals surface area contributed by atoms with Crippen molar-refractivity contribution in [3.05, 3.63) is 36.5 Å². The summed E-state index contributed by atoms with van der Waals surface area (Å²) in [5, 5.41) is 8.58. The lowest BCUT2D eigenvalue weighted by atomic mass is 10.2. The topological polar surface area (TPSA) is 20.2 Å². The summed E-state index contributed by atoms with van der Waals surface area (Å²) in [5.74, 6) is 0. The highest BCUT2D eigenvalue weighted by atomic mass is 16.2. The molecule has 0 aromatic carbocycles. The van der Waals surface area contributed by atoms with E-state index in [4.69, 9.17) is 5.11 Å². The van der Waals surface area contributed by atoms with Crippen molar-refractivity contribution in [1.29, 1.82) is 0 Å². The van der Waals surface area contributed by atoms with E-state index in [0.717, 1.165) is 25.7 Å². The number of rotatable bonds is 11. The van der Waals surface area contributed by atoms with Gasteiger partial charge in [-0.1, -0.05) is 56.2 Å². The van der Waals surface area contributed by atoms with Crippen LogP contribution in [-0.2, 0) is 0 Å². The first-order valence-corrected chi connectivity index (χ1v) is 6.99. The predicted molar refractivity (Wildman–Crippen MR) is 77.1 cm³/mol. The van der Waals surface area contributed by atoms with Gasteiger partial charge in [-0.15, -0.1) is 0 Å². The molecule has 0 rings (SSSR count). The van der Waals surface area contributed by atoms with Crippen molar-refractivity contribution < 1.29 is 5.11 Å². The summed E-state index contributed by atoms with van der Waals surface area (Å²) in [6.45, 7) is 2.53. The van der Waals surface area contributed by atoms with Gasteiger partial charge in [0.25, 0.3) is 0 Å². The minimum absolute atomic E-state index is 0.289. The summed E-state index contributed by atoms with van der Waals surface area (Å²) in [4.78, 5) is 0. The summed E-state index contributed by atoms with van der Waals surface area (Å²) < 4.78 is 0. The van der Waals surface area contributed by atoms with Gasteiger partial charge in [0.1, 0.15) is 0 Å². The Kier molecular flexibility index (Phi) is 14.4. The van der Waals surface area contributed by atoms with Crippen LogP contribution in [0, 0.1) is 0 Å². The second-order valence-corrected chi connectivity index (χ2v) is 4.27. The molecule has 0 heterocycles. The number of allylic oxidation sites excluding steroid dienone is 6. The van der Waals surface area contributed by atoms with Crippen LogP contribution in [0.5, 0.6) is 0 Å². The maximum atomic E-state index is 8.58. The van der Waals surface area contributed by atoms with Gasteiger partial charge in [-0.25, -0.2) is 0 Å². The van der Waals surface area contributed by atoms with Crippen molar-refractivity contribution >= 4 is 0 Å². The number of aliphatic hydroxyl groups is 1. The third-order valence-electron chi connectivity index (χ3n) is 2.55. The second kappa shape index (κ2) is 15.2. The summed E-state index contributed by atoms with van der Waals surface area (Å²) in [6, 6.07) is 0. The lowest BCUT2D eigenvalue weighted by molar-refractivity contribution is 0.289. The average molecular weight is 236 g/mol. The lowest BCUT2D eigenvalue weighted by Gasteiger charge is -1.91. The zero-order valence-corrected chi connectivity index (χ0v) is 11.3. The second-order valence-electron chi connectivity index (χ2n) is 4.27. The third kappa shape index (κ3) is 15.2. The fourth-order valence-electron chi connectivity index (χ4n) is 1.50. The van der Waals surface area contributed by atoms with Crippen LogP contribution in [0.4, 0.5) is 0 Å². The molecule has 0 atom stereocenters. The van der Waals surface area contributed by atoms with Crippen molar-refractivity contribution in [1.82, 2.24) is 0 Å². The molecule has 0 saturated carbocycles. The van der Waals surface area contributed by atoms with Crippen LogP contribution in [-0.4, -0.2) is 11.7 Å². The van der Waals surface area contributed by atoms with E-state index in [1.165, 1.54) is 25.7 Å². The van der Waals surface area contributed by atoms with Crippen molar-refractivity contribution in [3.63, 3.8) is 0 Å². The Morgan fingerprint density at radius 3 is 2.00 bits per heavy atom. The van der Waals surface area contributed by atoms with Crippen molar-refractivity contribution in [2.75, 3.05) is 6.61 Å². The molecule has 0 unspecified atom stereocenters. The number of unbranched alkanes of at least 4 members (excludes halogenated alkanes) is 5. The van der Waals surface area contributed by atoms with E-state index in [1.54, 1.807) is 0 Å². The molecular formula is C16H28O. The van der Waals surface area contributed by atoms with Gasteiger partial charge in [-0.3, -0.25) is 0 Å². The fraction of sp³-hybridized carbons (Fsp3) is 0.625. The van der Waals surface area contributed by atoms with E-state index in [9.17, 15) is 0 Å². The molecule has 0 amide bonds. The normalized spacial score (nSPS) is 12.4. The monoisotopic (exact) mass is 236 g/mol. The Balaban J connectivity index is 3.26. The maximum Gasteiger partial charge on any atom is 0.0433 e. The quantitative estimate of drug-likeness (QED) is 0.311. The van der Waals surface area contributed by atoms with Gasteiger partial charge in [-0.2, -0.15) is 0 Å². The molecule has 0 aromatic rings. The van der Waals surface area contributed by atoms with Crippen LogP contribution in [0.1, 0.15) is 58.3 Å². The van der Waals surface area contributed by atoms with Crippen LogP contribution in [0.15, 0.2) is 36.5 Å². The molecule has 98 valence electrons. The minimum Gasteiger partial charge on any atom is -0.396 e. The maximum absolute atomic E-state index is 8.58. The summed E-state index contributed by atoms with van der Waals surface area (Å²) in [6.07, 6.45) is 22.4. The van der Waals surface area contributed by atoms with Crippen LogP contribution >= 0.6 is 0 Å². The molecule has 1 heteroatoms. The summed E-state index contributed by atoms with van der Waals surface area (Å²) >= 11 is 0. The van der Waals surface area contributed by atoms with Crippen molar-refractivity contribution in [3.8, 4) is 0 Å². The highest BCUT2D eigenvalue weighted by Gasteiger charge is 1.81. The SMILES string of the molecule is CCCCCC=CCCC=CC=CCCCO.